The first kappa shape index (κ1) is 17.3. The number of anilines is 1. The number of halogens is 1. The van der Waals surface area contributed by atoms with Gasteiger partial charge in [0.05, 0.1) is 12.5 Å². The fourth-order valence-electron chi connectivity index (χ4n) is 1.79. The zero-order valence-electron chi connectivity index (χ0n) is 12.8. The van der Waals surface area contributed by atoms with Crippen molar-refractivity contribution in [1.82, 2.24) is 0 Å². The van der Waals surface area contributed by atoms with Gasteiger partial charge in [0.2, 0.25) is 0 Å². The third-order valence-electron chi connectivity index (χ3n) is 2.72. The fourth-order valence-corrected chi connectivity index (χ4v) is 2.72. The number of aryl methyl sites for hydroxylation is 1. The Kier molecular flexibility index (Phi) is 7.41. The molecule has 112 valence electrons. The molecule has 0 radical (unpaired) electrons. The summed E-state index contributed by atoms with van der Waals surface area (Å²) < 4.78 is 5.60. The molecule has 0 spiro atoms. The van der Waals surface area contributed by atoms with Crippen LogP contribution >= 0.6 is 23.4 Å². The maximum absolute atomic E-state index is 5.99. The first-order chi connectivity index (χ1) is 9.45. The lowest BCUT2D eigenvalue weighted by molar-refractivity contribution is 0.153. The summed E-state index contributed by atoms with van der Waals surface area (Å²) >= 11 is 7.59. The second-order valence-corrected chi connectivity index (χ2v) is 6.35. The zero-order valence-corrected chi connectivity index (χ0v) is 14.4. The maximum atomic E-state index is 5.99. The summed E-state index contributed by atoms with van der Waals surface area (Å²) in [4.78, 5) is 6.40. The molecule has 0 amide bonds. The van der Waals surface area contributed by atoms with Crippen LogP contribution in [0.15, 0.2) is 23.2 Å². The Labute approximate surface area is 131 Å². The maximum Gasteiger partial charge on any atom is 0.165 e. The Hall–Kier alpha value is -0.710. The van der Waals surface area contributed by atoms with E-state index in [0.717, 1.165) is 28.0 Å². The van der Waals surface area contributed by atoms with Crippen LogP contribution < -0.4 is 4.90 Å². The van der Waals surface area contributed by atoms with Crippen LogP contribution in [0.2, 0.25) is 5.02 Å². The van der Waals surface area contributed by atoms with Gasteiger partial charge in [-0.2, -0.15) is 0 Å². The van der Waals surface area contributed by atoms with E-state index in [1.54, 1.807) is 18.8 Å². The van der Waals surface area contributed by atoms with Crippen molar-refractivity contribution in [2.45, 2.75) is 20.8 Å². The van der Waals surface area contributed by atoms with Crippen LogP contribution in [0.5, 0.6) is 0 Å². The highest BCUT2D eigenvalue weighted by atomic mass is 35.5. The third kappa shape index (κ3) is 5.35. The van der Waals surface area contributed by atoms with Crippen molar-refractivity contribution in [3.63, 3.8) is 0 Å². The lowest BCUT2D eigenvalue weighted by Crippen LogP contribution is -2.25. The molecule has 0 bridgehead atoms. The van der Waals surface area contributed by atoms with Crippen LogP contribution in [-0.2, 0) is 4.74 Å². The third-order valence-corrected chi connectivity index (χ3v) is 3.96. The highest BCUT2D eigenvalue weighted by Crippen LogP contribution is 2.25. The van der Waals surface area contributed by atoms with Gasteiger partial charge in [-0.3, -0.25) is 4.99 Å². The summed E-state index contributed by atoms with van der Waals surface area (Å²) in [6, 6.07) is 5.87. The Morgan fingerprint density at radius 2 is 2.15 bits per heavy atom. The van der Waals surface area contributed by atoms with Crippen molar-refractivity contribution in [2.24, 2.45) is 10.9 Å². The highest BCUT2D eigenvalue weighted by molar-refractivity contribution is 8.14. The summed E-state index contributed by atoms with van der Waals surface area (Å²) in [5, 5.41) is 1.68. The number of aliphatic imine (C=N–C) groups is 1. The number of rotatable bonds is 5. The van der Waals surface area contributed by atoms with Crippen LogP contribution in [0.4, 0.5) is 5.69 Å². The minimum Gasteiger partial charge on any atom is -0.370 e. The molecule has 0 saturated heterocycles. The molecular formula is C15H23ClN2OS. The van der Waals surface area contributed by atoms with Gasteiger partial charge < -0.3 is 9.64 Å². The predicted molar refractivity (Wildman–Crippen MR) is 91.2 cm³/mol. The molecule has 1 aromatic rings. The summed E-state index contributed by atoms with van der Waals surface area (Å²) in [6.07, 6.45) is 0. The van der Waals surface area contributed by atoms with E-state index in [9.17, 15) is 0 Å². The van der Waals surface area contributed by atoms with E-state index in [1.165, 1.54) is 0 Å². The van der Waals surface area contributed by atoms with E-state index in [-0.39, 0.29) is 0 Å². The predicted octanol–water partition coefficient (Wildman–Crippen LogP) is 4.43. The average molecular weight is 315 g/mol. The second-order valence-electron chi connectivity index (χ2n) is 5.02. The average Bonchev–Trinajstić information content (AvgIpc) is 2.38. The van der Waals surface area contributed by atoms with E-state index >= 15 is 0 Å². The molecule has 5 heteroatoms. The van der Waals surface area contributed by atoms with Crippen LogP contribution in [-0.4, -0.2) is 31.8 Å². The van der Waals surface area contributed by atoms with Gasteiger partial charge in [0.1, 0.15) is 0 Å². The molecule has 3 nitrogen and oxygen atoms in total. The molecular weight excluding hydrogens is 292 g/mol. The van der Waals surface area contributed by atoms with E-state index in [1.807, 2.05) is 32.2 Å². The van der Waals surface area contributed by atoms with Crippen LogP contribution in [0.1, 0.15) is 19.4 Å². The van der Waals surface area contributed by atoms with Gasteiger partial charge in [-0.1, -0.05) is 37.2 Å². The topological polar surface area (TPSA) is 24.8 Å². The van der Waals surface area contributed by atoms with Gasteiger partial charge in [-0.05, 0) is 36.6 Å². The van der Waals surface area contributed by atoms with Crippen molar-refractivity contribution in [2.75, 3.05) is 31.5 Å². The molecule has 0 unspecified atom stereocenters. The first-order valence-corrected chi connectivity index (χ1v) is 7.99. The summed E-state index contributed by atoms with van der Waals surface area (Å²) in [5.41, 5.74) is 2.23. The van der Waals surface area contributed by atoms with Gasteiger partial charge in [0.15, 0.2) is 5.17 Å². The normalized spacial score (nSPS) is 12.1. The fraction of sp³-hybridized carbons (Fsp3) is 0.533. The van der Waals surface area contributed by atoms with Gasteiger partial charge in [-0.25, -0.2) is 0 Å². The van der Waals surface area contributed by atoms with Crippen molar-refractivity contribution in [1.29, 1.82) is 0 Å². The smallest absolute Gasteiger partial charge is 0.165 e. The van der Waals surface area contributed by atoms with Gasteiger partial charge >= 0.3 is 0 Å². The van der Waals surface area contributed by atoms with E-state index in [0.29, 0.717) is 11.9 Å². The van der Waals surface area contributed by atoms with Crippen LogP contribution in [0, 0.1) is 12.8 Å². The van der Waals surface area contributed by atoms with Crippen molar-refractivity contribution >= 4 is 34.2 Å². The molecule has 0 aliphatic heterocycles. The number of ether oxygens (including phenoxy) is 1. The molecule has 0 aliphatic carbocycles. The van der Waals surface area contributed by atoms with Crippen LogP contribution in [0.25, 0.3) is 0 Å². The number of hydrogen-bond acceptors (Lipinski definition) is 3. The van der Waals surface area contributed by atoms with Crippen molar-refractivity contribution in [3.05, 3.63) is 28.8 Å². The molecule has 0 N–H and O–H groups in total. The SMILES string of the molecule is CN=C(SCOCC(C)C)N(C)c1ccc(Cl)cc1C. The minimum absolute atomic E-state index is 0.550. The summed E-state index contributed by atoms with van der Waals surface area (Å²) in [6.45, 7) is 7.10. The molecule has 0 aromatic heterocycles. The number of thioether (sulfide) groups is 1. The monoisotopic (exact) mass is 314 g/mol. The lowest BCUT2D eigenvalue weighted by Gasteiger charge is -2.22. The van der Waals surface area contributed by atoms with Crippen molar-refractivity contribution < 1.29 is 4.74 Å². The Bertz CT molecular complexity index is 463. The quantitative estimate of drug-likeness (QED) is 0.348. The Morgan fingerprint density at radius 1 is 1.45 bits per heavy atom. The summed E-state index contributed by atoms with van der Waals surface area (Å²) in [7, 11) is 3.81. The van der Waals surface area contributed by atoms with E-state index in [2.05, 4.69) is 23.7 Å². The highest BCUT2D eigenvalue weighted by Gasteiger charge is 2.11. The molecule has 0 aliphatic rings. The molecule has 0 atom stereocenters. The number of amidine groups is 1. The lowest BCUT2D eigenvalue weighted by atomic mass is 10.2. The number of nitrogens with zero attached hydrogens (tertiary/aromatic N) is 2. The standard InChI is InChI=1S/C15H23ClN2OS/c1-11(2)9-19-10-20-15(17-4)18(5)14-7-6-13(16)8-12(14)3/h6-8,11H,9-10H2,1-5H3. The van der Waals surface area contributed by atoms with Gasteiger partial charge in [-0.15, -0.1) is 0 Å². The number of benzene rings is 1. The summed E-state index contributed by atoms with van der Waals surface area (Å²) in [5.74, 6) is 1.16. The second kappa shape index (κ2) is 8.55. The molecule has 1 aromatic carbocycles. The van der Waals surface area contributed by atoms with Crippen LogP contribution in [0.3, 0.4) is 0 Å². The molecule has 0 saturated carbocycles. The van der Waals surface area contributed by atoms with E-state index < -0.39 is 0 Å². The van der Waals surface area contributed by atoms with Gasteiger partial charge in [0.25, 0.3) is 0 Å². The molecule has 20 heavy (non-hydrogen) atoms. The molecule has 0 heterocycles. The molecule has 1 rings (SSSR count). The Balaban J connectivity index is 2.65. The minimum atomic E-state index is 0.550. The Morgan fingerprint density at radius 3 is 2.70 bits per heavy atom. The first-order valence-electron chi connectivity index (χ1n) is 6.63. The van der Waals surface area contributed by atoms with E-state index in [4.69, 9.17) is 16.3 Å². The van der Waals surface area contributed by atoms with Crippen molar-refractivity contribution in [3.8, 4) is 0 Å². The zero-order chi connectivity index (χ0) is 15.1. The van der Waals surface area contributed by atoms with Gasteiger partial charge in [0, 0.05) is 24.8 Å². The molecule has 0 fully saturated rings. The largest absolute Gasteiger partial charge is 0.370 e. The number of hydrogen-bond donors (Lipinski definition) is 0.